The Balaban J connectivity index is 0.000000930. The molecule has 3 aromatic rings. The van der Waals surface area contributed by atoms with Crippen molar-refractivity contribution in [2.75, 3.05) is 25.0 Å². The summed E-state index contributed by atoms with van der Waals surface area (Å²) < 4.78 is 0. The normalized spacial score (nSPS) is 14.6. The molecule has 0 bridgehead atoms. The van der Waals surface area contributed by atoms with Gasteiger partial charge in [-0.25, -0.2) is 9.99 Å². The van der Waals surface area contributed by atoms with Crippen LogP contribution < -0.4 is 4.90 Å². The Labute approximate surface area is 339 Å². The molecule has 300 valence electrons. The van der Waals surface area contributed by atoms with Crippen LogP contribution in [-0.4, -0.2) is 59.1 Å². The van der Waals surface area contributed by atoms with Crippen molar-refractivity contribution in [3.63, 3.8) is 0 Å². The van der Waals surface area contributed by atoms with Crippen molar-refractivity contribution in [1.82, 2.24) is 15.0 Å². The Morgan fingerprint density at radius 2 is 1.46 bits per heavy atom. The van der Waals surface area contributed by atoms with Crippen molar-refractivity contribution in [2.45, 2.75) is 114 Å². The molecule has 2 heterocycles. The molecule has 2 aromatic carbocycles. The minimum atomic E-state index is -0.799. The van der Waals surface area contributed by atoms with Gasteiger partial charge in [-0.05, 0) is 75.1 Å². The molecule has 9 nitrogen and oxygen atoms in total. The monoisotopic (exact) mass is 779 g/mol. The standard InChI is InChI=1S/C39H55N5O3S.C7H6O/c1-11-15-17-30(13-3)23-43(24-31(14-4)18-16-12-2)39-41-36(35-26(6)19-25(5)20-27(35)7)34(48-39)21-32-28(8)33(22-40)38(47)44(37(32)46)42(10)29(9)45;8-6-7-4-2-1-3-5-7/h19-21,30-31H,11-18,23-24H2,1-10H3;1-6H/b32-21-;. The van der Waals surface area contributed by atoms with Crippen molar-refractivity contribution < 1.29 is 19.2 Å². The van der Waals surface area contributed by atoms with E-state index in [4.69, 9.17) is 4.98 Å². The van der Waals surface area contributed by atoms with Crippen LogP contribution in [-0.2, 0) is 14.4 Å². The second kappa shape index (κ2) is 22.0. The van der Waals surface area contributed by atoms with Crippen LogP contribution in [0.4, 0.5) is 5.13 Å². The lowest BCUT2D eigenvalue weighted by Crippen LogP contribution is -2.53. The van der Waals surface area contributed by atoms with Crippen molar-refractivity contribution in [2.24, 2.45) is 11.8 Å². The van der Waals surface area contributed by atoms with Gasteiger partial charge in [-0.3, -0.25) is 19.2 Å². The van der Waals surface area contributed by atoms with E-state index in [1.165, 1.54) is 52.5 Å². The highest BCUT2D eigenvalue weighted by Gasteiger charge is 2.39. The molecule has 1 aromatic heterocycles. The fraction of sp³-hybridized carbons (Fsp3) is 0.478. The number of aldehydes is 1. The highest BCUT2D eigenvalue weighted by molar-refractivity contribution is 7.17. The zero-order valence-corrected chi connectivity index (χ0v) is 36.0. The Morgan fingerprint density at radius 1 is 0.911 bits per heavy atom. The zero-order valence-electron chi connectivity index (χ0n) is 35.2. The van der Waals surface area contributed by atoms with E-state index in [9.17, 15) is 24.4 Å². The van der Waals surface area contributed by atoms with E-state index >= 15 is 0 Å². The topological polar surface area (TPSA) is 115 Å². The first-order valence-corrected chi connectivity index (χ1v) is 20.9. The Kier molecular flexibility index (Phi) is 17.9. The van der Waals surface area contributed by atoms with Crippen molar-refractivity contribution >= 4 is 46.6 Å². The van der Waals surface area contributed by atoms with E-state index in [1.54, 1.807) is 36.5 Å². The van der Waals surface area contributed by atoms with E-state index in [2.05, 4.69) is 65.5 Å². The van der Waals surface area contributed by atoms with Crippen molar-refractivity contribution in [3.8, 4) is 17.3 Å². The molecule has 10 heteroatoms. The molecule has 1 aliphatic rings. The summed E-state index contributed by atoms with van der Waals surface area (Å²) in [7, 11) is 1.36. The number of carbonyl (C=O) groups excluding carboxylic acids is 4. The predicted molar refractivity (Wildman–Crippen MR) is 229 cm³/mol. The number of benzene rings is 2. The third-order valence-corrected chi connectivity index (χ3v) is 11.6. The summed E-state index contributed by atoms with van der Waals surface area (Å²) in [5.74, 6) is -0.851. The Morgan fingerprint density at radius 3 is 1.91 bits per heavy atom. The van der Waals surface area contributed by atoms with Gasteiger partial charge in [0.15, 0.2) is 5.13 Å². The van der Waals surface area contributed by atoms with Gasteiger partial charge in [-0.2, -0.15) is 10.3 Å². The average Bonchev–Trinajstić information content (AvgIpc) is 3.59. The molecule has 4 rings (SSSR count). The SMILES string of the molecule is CCCCC(CC)CN(CC(CC)CCCC)c1nc(-c2c(C)cc(C)cc2C)c(/C=C2\C(=O)N(N(C)C(C)=O)C(=O)C(C#N)=C2C)s1.O=Cc1ccccc1. The summed E-state index contributed by atoms with van der Waals surface area (Å²) in [6.45, 7) is 20.0. The fourth-order valence-corrected chi connectivity index (χ4v) is 8.15. The number of hydrazine groups is 1. The van der Waals surface area contributed by atoms with Crippen LogP contribution in [0.25, 0.3) is 17.3 Å². The molecule has 0 saturated carbocycles. The van der Waals surface area contributed by atoms with Crippen LogP contribution in [0.5, 0.6) is 0 Å². The number of imide groups is 1. The summed E-state index contributed by atoms with van der Waals surface area (Å²) in [4.78, 5) is 58.1. The zero-order chi connectivity index (χ0) is 41.5. The fourth-order valence-electron chi connectivity index (χ4n) is 7.12. The van der Waals surface area contributed by atoms with Gasteiger partial charge in [0, 0.05) is 43.8 Å². The van der Waals surface area contributed by atoms with Crippen LogP contribution in [0, 0.1) is 43.9 Å². The number of unbranched alkanes of at least 4 members (excludes halogenated alkanes) is 2. The number of nitrogens with zero attached hydrogens (tertiary/aromatic N) is 5. The molecule has 0 fully saturated rings. The molecule has 2 unspecified atom stereocenters. The Hall–Kier alpha value is -4.88. The largest absolute Gasteiger partial charge is 0.348 e. The lowest BCUT2D eigenvalue weighted by molar-refractivity contribution is -0.166. The first-order valence-electron chi connectivity index (χ1n) is 20.1. The molecule has 0 aliphatic carbocycles. The number of aromatic nitrogens is 1. The number of hydrogen-bond donors (Lipinski definition) is 0. The van der Waals surface area contributed by atoms with Crippen LogP contribution in [0.1, 0.15) is 125 Å². The maximum absolute atomic E-state index is 14.0. The lowest BCUT2D eigenvalue weighted by Gasteiger charge is -2.33. The predicted octanol–water partition coefficient (Wildman–Crippen LogP) is 10.5. The molecule has 1 aliphatic heterocycles. The second-order valence-electron chi connectivity index (χ2n) is 14.9. The minimum absolute atomic E-state index is 0.159. The summed E-state index contributed by atoms with van der Waals surface area (Å²) in [5, 5.41) is 12.6. The summed E-state index contributed by atoms with van der Waals surface area (Å²) in [6, 6.07) is 15.4. The number of thiazole rings is 1. The van der Waals surface area contributed by atoms with Crippen LogP contribution >= 0.6 is 11.3 Å². The number of aryl methyl sites for hydroxylation is 3. The lowest BCUT2D eigenvalue weighted by atomic mass is 9.93. The molecule has 56 heavy (non-hydrogen) atoms. The Bertz CT molecular complexity index is 1900. The summed E-state index contributed by atoms with van der Waals surface area (Å²) in [6.07, 6.45) is 11.9. The summed E-state index contributed by atoms with van der Waals surface area (Å²) in [5.41, 5.74) is 6.22. The molecule has 0 saturated heterocycles. The highest BCUT2D eigenvalue weighted by atomic mass is 32.1. The third-order valence-electron chi connectivity index (χ3n) is 10.6. The third kappa shape index (κ3) is 11.6. The average molecular weight is 780 g/mol. The number of anilines is 1. The second-order valence-corrected chi connectivity index (χ2v) is 15.9. The van der Waals surface area contributed by atoms with Gasteiger partial charge in [0.2, 0.25) is 5.91 Å². The van der Waals surface area contributed by atoms with E-state index in [0.29, 0.717) is 17.4 Å². The molecule has 0 N–H and O–H groups in total. The van der Waals surface area contributed by atoms with E-state index in [-0.39, 0.29) is 11.1 Å². The van der Waals surface area contributed by atoms with E-state index in [1.807, 2.05) is 24.3 Å². The highest BCUT2D eigenvalue weighted by Crippen LogP contribution is 2.41. The van der Waals surface area contributed by atoms with Gasteiger partial charge in [0.05, 0.1) is 10.6 Å². The number of nitriles is 1. The number of rotatable bonds is 17. The first kappa shape index (κ1) is 45.5. The van der Waals surface area contributed by atoms with Gasteiger partial charge in [-0.1, -0.05) is 126 Å². The van der Waals surface area contributed by atoms with Crippen LogP contribution in [0.15, 0.2) is 59.2 Å². The van der Waals surface area contributed by atoms with Crippen molar-refractivity contribution in [3.05, 3.63) is 86.3 Å². The maximum Gasteiger partial charge on any atom is 0.290 e. The number of amides is 3. The quantitative estimate of drug-likeness (QED) is 0.0761. The molecular formula is C46H61N5O4S. The van der Waals surface area contributed by atoms with E-state index in [0.717, 1.165) is 85.8 Å². The molecule has 0 spiro atoms. The van der Waals surface area contributed by atoms with Gasteiger partial charge in [0.1, 0.15) is 17.9 Å². The smallest absolute Gasteiger partial charge is 0.290 e. The maximum atomic E-state index is 14.0. The number of carbonyl (C=O) groups is 4. The molecular weight excluding hydrogens is 719 g/mol. The van der Waals surface area contributed by atoms with Crippen molar-refractivity contribution in [1.29, 1.82) is 5.26 Å². The molecule has 0 radical (unpaired) electrons. The van der Waals surface area contributed by atoms with Crippen LogP contribution in [0.3, 0.4) is 0 Å². The van der Waals surface area contributed by atoms with Gasteiger partial charge < -0.3 is 4.90 Å². The van der Waals surface area contributed by atoms with E-state index < -0.39 is 17.7 Å². The molecule has 2 atom stereocenters. The molecule has 3 amide bonds. The van der Waals surface area contributed by atoms with Gasteiger partial charge >= 0.3 is 0 Å². The van der Waals surface area contributed by atoms with Gasteiger partial charge in [-0.15, -0.1) is 0 Å². The number of hydrogen-bond acceptors (Lipinski definition) is 8. The van der Waals surface area contributed by atoms with Gasteiger partial charge in [0.25, 0.3) is 11.8 Å². The van der Waals surface area contributed by atoms with Crippen LogP contribution in [0.2, 0.25) is 0 Å². The summed E-state index contributed by atoms with van der Waals surface area (Å²) >= 11 is 1.56. The first-order chi connectivity index (χ1) is 26.8. The minimum Gasteiger partial charge on any atom is -0.348 e.